The predicted molar refractivity (Wildman–Crippen MR) is 76.0 cm³/mol. The molecule has 1 aliphatic heterocycles. The Morgan fingerprint density at radius 3 is 2.24 bits per heavy atom. The Labute approximate surface area is 125 Å². The van der Waals surface area contributed by atoms with E-state index in [2.05, 4.69) is 0 Å². The summed E-state index contributed by atoms with van der Waals surface area (Å²) in [7, 11) is -3.15. The Kier molecular flexibility index (Phi) is 5.21. The highest BCUT2D eigenvalue weighted by atomic mass is 32.2. The van der Waals surface area contributed by atoms with E-state index < -0.39 is 10.0 Å². The number of hydrogen-bond donors (Lipinski definition) is 0. The normalized spacial score (nSPS) is 20.3. The van der Waals surface area contributed by atoms with Gasteiger partial charge in [0.2, 0.25) is 15.9 Å². The lowest BCUT2D eigenvalue weighted by Gasteiger charge is -2.34. The Morgan fingerprint density at radius 1 is 1.10 bits per heavy atom. The first kappa shape index (κ1) is 16.2. The Hall–Kier alpha value is -1.15. The third kappa shape index (κ3) is 4.16. The first-order valence-corrected chi connectivity index (χ1v) is 8.88. The lowest BCUT2D eigenvalue weighted by atomic mass is 10.2. The van der Waals surface area contributed by atoms with Crippen LogP contribution in [0.3, 0.4) is 0 Å². The van der Waals surface area contributed by atoms with Crippen LogP contribution in [0.15, 0.2) is 0 Å². The predicted octanol–water partition coefficient (Wildman–Crippen LogP) is -0.0339. The van der Waals surface area contributed by atoms with E-state index in [0.29, 0.717) is 32.8 Å². The second kappa shape index (κ2) is 6.74. The van der Waals surface area contributed by atoms with Gasteiger partial charge in [-0.3, -0.25) is 9.59 Å². The Balaban J connectivity index is 1.75. The molecule has 2 aliphatic rings. The molecular weight excluding hydrogens is 296 g/mol. The highest BCUT2D eigenvalue weighted by molar-refractivity contribution is 7.90. The summed E-state index contributed by atoms with van der Waals surface area (Å²) in [4.78, 5) is 24.8. The van der Waals surface area contributed by atoms with Gasteiger partial charge in [-0.2, -0.15) is 4.31 Å². The molecule has 0 aromatic rings. The number of hydrogen-bond acceptors (Lipinski definition) is 5. The van der Waals surface area contributed by atoms with Gasteiger partial charge in [0.05, 0.1) is 18.3 Å². The smallest absolute Gasteiger partial charge is 0.306 e. The van der Waals surface area contributed by atoms with Crippen molar-refractivity contribution >= 4 is 21.9 Å². The van der Waals surface area contributed by atoms with Gasteiger partial charge in [0, 0.05) is 32.6 Å². The number of nitrogens with zero attached hydrogens (tertiary/aromatic N) is 2. The number of piperazine rings is 1. The summed E-state index contributed by atoms with van der Waals surface area (Å²) in [6.45, 7) is 3.53. The second-order valence-corrected chi connectivity index (χ2v) is 7.54. The molecule has 2 rings (SSSR count). The molecule has 7 nitrogen and oxygen atoms in total. The van der Waals surface area contributed by atoms with Gasteiger partial charge in [-0.25, -0.2) is 8.42 Å². The van der Waals surface area contributed by atoms with Crippen molar-refractivity contribution in [3.05, 3.63) is 0 Å². The van der Waals surface area contributed by atoms with Crippen molar-refractivity contribution in [2.75, 3.05) is 32.8 Å². The van der Waals surface area contributed by atoms with Crippen LogP contribution >= 0.6 is 0 Å². The van der Waals surface area contributed by atoms with Gasteiger partial charge in [0.25, 0.3) is 0 Å². The van der Waals surface area contributed by atoms with Crippen LogP contribution in [0.4, 0.5) is 0 Å². The molecule has 21 heavy (non-hydrogen) atoms. The zero-order valence-electron chi connectivity index (χ0n) is 12.3. The molecule has 1 saturated heterocycles. The summed E-state index contributed by atoms with van der Waals surface area (Å²) in [5.74, 6) is -0.493. The van der Waals surface area contributed by atoms with Crippen LogP contribution in [0.5, 0.6) is 0 Å². The molecule has 1 aliphatic carbocycles. The average Bonchev–Trinajstić information content (AvgIpc) is 3.30. The average molecular weight is 318 g/mol. The minimum Gasteiger partial charge on any atom is -0.466 e. The Morgan fingerprint density at radius 2 is 1.71 bits per heavy atom. The molecule has 0 spiro atoms. The number of carbonyl (C=O) groups excluding carboxylic acids is 2. The maximum Gasteiger partial charge on any atom is 0.306 e. The van der Waals surface area contributed by atoms with E-state index in [-0.39, 0.29) is 30.0 Å². The van der Waals surface area contributed by atoms with E-state index >= 15 is 0 Å². The summed E-state index contributed by atoms with van der Waals surface area (Å²) >= 11 is 0. The van der Waals surface area contributed by atoms with Gasteiger partial charge in [-0.15, -0.1) is 0 Å². The zero-order chi connectivity index (χ0) is 15.5. The molecule has 0 bridgehead atoms. The fraction of sp³-hybridized carbons (Fsp3) is 0.846. The van der Waals surface area contributed by atoms with Gasteiger partial charge in [-0.1, -0.05) is 0 Å². The molecule has 0 unspecified atom stereocenters. The van der Waals surface area contributed by atoms with E-state index in [0.717, 1.165) is 12.8 Å². The topological polar surface area (TPSA) is 84.0 Å². The van der Waals surface area contributed by atoms with Crippen molar-refractivity contribution in [3.8, 4) is 0 Å². The number of rotatable bonds is 6. The molecule has 0 aromatic carbocycles. The molecular formula is C13H22N2O5S. The summed E-state index contributed by atoms with van der Waals surface area (Å²) in [5, 5.41) is -0.205. The number of esters is 1. The lowest BCUT2D eigenvalue weighted by molar-refractivity contribution is -0.145. The van der Waals surface area contributed by atoms with Crippen LogP contribution in [0.1, 0.15) is 32.6 Å². The van der Waals surface area contributed by atoms with Gasteiger partial charge >= 0.3 is 5.97 Å². The summed E-state index contributed by atoms with van der Waals surface area (Å²) in [5.41, 5.74) is 0. The van der Waals surface area contributed by atoms with Gasteiger partial charge in [-0.05, 0) is 19.8 Å². The lowest BCUT2D eigenvalue weighted by Crippen LogP contribution is -2.51. The van der Waals surface area contributed by atoms with E-state index in [9.17, 15) is 18.0 Å². The van der Waals surface area contributed by atoms with Crippen LogP contribution in [0.2, 0.25) is 0 Å². The second-order valence-electron chi connectivity index (χ2n) is 5.33. The first-order chi connectivity index (χ1) is 9.95. The maximum absolute atomic E-state index is 12.1. The molecule has 0 N–H and O–H groups in total. The molecule has 1 amide bonds. The van der Waals surface area contributed by atoms with Gasteiger partial charge in [0.1, 0.15) is 0 Å². The number of sulfonamides is 1. The zero-order valence-corrected chi connectivity index (χ0v) is 13.1. The summed E-state index contributed by atoms with van der Waals surface area (Å²) in [6, 6.07) is 0. The number of carbonyl (C=O) groups is 2. The van der Waals surface area contributed by atoms with Crippen LogP contribution < -0.4 is 0 Å². The first-order valence-electron chi connectivity index (χ1n) is 7.37. The van der Waals surface area contributed by atoms with Crippen molar-refractivity contribution in [2.45, 2.75) is 37.9 Å². The largest absolute Gasteiger partial charge is 0.466 e. The van der Waals surface area contributed by atoms with Crippen molar-refractivity contribution in [2.24, 2.45) is 0 Å². The van der Waals surface area contributed by atoms with Gasteiger partial charge < -0.3 is 9.64 Å². The summed E-state index contributed by atoms with van der Waals surface area (Å²) in [6.07, 6.45) is 1.70. The molecule has 1 saturated carbocycles. The van der Waals surface area contributed by atoms with E-state index in [1.54, 1.807) is 11.8 Å². The third-order valence-corrected chi connectivity index (χ3v) is 6.14. The van der Waals surface area contributed by atoms with Crippen molar-refractivity contribution in [1.29, 1.82) is 0 Å². The molecule has 120 valence electrons. The van der Waals surface area contributed by atoms with Crippen molar-refractivity contribution < 1.29 is 22.7 Å². The highest BCUT2D eigenvalue weighted by Crippen LogP contribution is 2.31. The maximum atomic E-state index is 12.1. The highest BCUT2D eigenvalue weighted by Gasteiger charge is 2.41. The minimum absolute atomic E-state index is 0.0766. The van der Waals surface area contributed by atoms with E-state index in [1.165, 1.54) is 4.31 Å². The molecule has 1 heterocycles. The van der Waals surface area contributed by atoms with Crippen LogP contribution in [0, 0.1) is 0 Å². The molecule has 0 radical (unpaired) electrons. The fourth-order valence-electron chi connectivity index (χ4n) is 2.37. The molecule has 0 atom stereocenters. The van der Waals surface area contributed by atoms with E-state index in [1.807, 2.05) is 0 Å². The fourth-order valence-corrected chi connectivity index (χ4v) is 4.19. The van der Waals surface area contributed by atoms with Crippen LogP contribution in [-0.2, 0) is 24.3 Å². The number of ether oxygens (including phenoxy) is 1. The standard InChI is InChI=1S/C13H22N2O5S/c1-2-20-13(17)6-5-12(16)14-7-9-15(10-8-14)21(18,19)11-3-4-11/h11H,2-10H2,1H3. The third-order valence-electron chi connectivity index (χ3n) is 3.75. The van der Waals surface area contributed by atoms with Crippen molar-refractivity contribution in [3.63, 3.8) is 0 Å². The minimum atomic E-state index is -3.15. The molecule has 2 fully saturated rings. The van der Waals surface area contributed by atoms with Crippen LogP contribution in [-0.4, -0.2) is 67.5 Å². The molecule has 0 aromatic heterocycles. The van der Waals surface area contributed by atoms with Crippen molar-refractivity contribution in [1.82, 2.24) is 9.21 Å². The van der Waals surface area contributed by atoms with Crippen LogP contribution in [0.25, 0.3) is 0 Å². The van der Waals surface area contributed by atoms with E-state index in [4.69, 9.17) is 4.74 Å². The SMILES string of the molecule is CCOC(=O)CCC(=O)N1CCN(S(=O)(=O)C2CC2)CC1. The molecule has 8 heteroatoms. The van der Waals surface area contributed by atoms with Gasteiger partial charge in [0.15, 0.2) is 0 Å². The number of amides is 1. The monoisotopic (exact) mass is 318 g/mol. The summed E-state index contributed by atoms with van der Waals surface area (Å²) < 4.78 is 30.4. The Bertz CT molecular complexity index is 493. The quantitative estimate of drug-likeness (QED) is 0.642.